The summed E-state index contributed by atoms with van der Waals surface area (Å²) in [5.74, 6) is 1.90. The topological polar surface area (TPSA) is 26.3 Å². The maximum absolute atomic E-state index is 11.2. The van der Waals surface area contributed by atoms with E-state index in [9.17, 15) is 4.79 Å². The quantitative estimate of drug-likeness (QED) is 0.372. The Morgan fingerprint density at radius 1 is 1.43 bits per heavy atom. The van der Waals surface area contributed by atoms with E-state index in [0.29, 0.717) is 0 Å². The molecule has 0 saturated carbocycles. The molecule has 0 radical (unpaired) electrons. The summed E-state index contributed by atoms with van der Waals surface area (Å²) < 4.78 is 4.66. The average Bonchev–Trinajstić information content (AvgIpc) is 2.22. The van der Waals surface area contributed by atoms with Gasteiger partial charge >= 0.3 is 5.97 Å². The van der Waals surface area contributed by atoms with Crippen molar-refractivity contribution >= 4 is 17.7 Å². The lowest BCUT2D eigenvalue weighted by atomic mass is 10.2. The second kappa shape index (κ2) is 9.13. The van der Waals surface area contributed by atoms with Crippen molar-refractivity contribution in [3.63, 3.8) is 0 Å². The van der Waals surface area contributed by atoms with Crippen molar-refractivity contribution in [2.24, 2.45) is 0 Å². The second-order valence-electron chi connectivity index (χ2n) is 3.00. The number of hydrogen-bond donors (Lipinski definition) is 0. The van der Waals surface area contributed by atoms with Gasteiger partial charge in [0.05, 0.1) is 7.11 Å². The monoisotopic (exact) mass is 216 g/mol. The summed E-state index contributed by atoms with van der Waals surface area (Å²) in [5, 5.41) is 0. The number of rotatable bonds is 7. The largest absolute Gasteiger partial charge is 0.466 e. The standard InChI is InChI=1S/C11H20O2S/c1-4-6-8-14-9-7-10(5-2)11(12)13-3/h7H,4-6,8-9H2,1-3H3. The van der Waals surface area contributed by atoms with Crippen LogP contribution in [0.5, 0.6) is 0 Å². The molecule has 0 aromatic rings. The molecule has 82 valence electrons. The van der Waals surface area contributed by atoms with Gasteiger partial charge in [-0.05, 0) is 18.6 Å². The first kappa shape index (κ1) is 13.6. The van der Waals surface area contributed by atoms with Gasteiger partial charge in [0.1, 0.15) is 0 Å². The summed E-state index contributed by atoms with van der Waals surface area (Å²) in [5.41, 5.74) is 0.788. The number of thioether (sulfide) groups is 1. The molecule has 2 nitrogen and oxygen atoms in total. The Morgan fingerprint density at radius 2 is 2.14 bits per heavy atom. The molecule has 0 rings (SSSR count). The first-order chi connectivity index (χ1) is 6.76. The lowest BCUT2D eigenvalue weighted by Crippen LogP contribution is -2.04. The molecule has 0 N–H and O–H groups in total. The lowest BCUT2D eigenvalue weighted by Gasteiger charge is -2.01. The number of hydrogen-bond acceptors (Lipinski definition) is 3. The summed E-state index contributed by atoms with van der Waals surface area (Å²) in [6.07, 6.45) is 5.21. The van der Waals surface area contributed by atoms with Gasteiger partial charge in [-0.25, -0.2) is 4.79 Å². The Balaban J connectivity index is 3.76. The number of methoxy groups -OCH3 is 1. The van der Waals surface area contributed by atoms with E-state index >= 15 is 0 Å². The summed E-state index contributed by atoms with van der Waals surface area (Å²) in [6.45, 7) is 4.15. The zero-order valence-electron chi connectivity index (χ0n) is 9.34. The van der Waals surface area contributed by atoms with E-state index in [1.165, 1.54) is 25.7 Å². The first-order valence-electron chi connectivity index (χ1n) is 5.11. The van der Waals surface area contributed by atoms with Crippen LogP contribution >= 0.6 is 11.8 Å². The summed E-state index contributed by atoms with van der Waals surface area (Å²) in [7, 11) is 1.43. The van der Waals surface area contributed by atoms with Gasteiger partial charge in [-0.2, -0.15) is 11.8 Å². The van der Waals surface area contributed by atoms with E-state index in [1.54, 1.807) is 0 Å². The van der Waals surface area contributed by atoms with Crippen LogP contribution in [-0.2, 0) is 9.53 Å². The van der Waals surface area contributed by atoms with E-state index in [0.717, 1.165) is 17.7 Å². The number of unbranched alkanes of at least 4 members (excludes halogenated alkanes) is 1. The fourth-order valence-electron chi connectivity index (χ4n) is 0.992. The first-order valence-corrected chi connectivity index (χ1v) is 6.26. The van der Waals surface area contributed by atoms with Crippen molar-refractivity contribution in [3.05, 3.63) is 11.6 Å². The second-order valence-corrected chi connectivity index (χ2v) is 4.15. The van der Waals surface area contributed by atoms with Gasteiger partial charge in [-0.1, -0.05) is 26.3 Å². The molecular weight excluding hydrogens is 196 g/mol. The molecule has 0 bridgehead atoms. The normalized spacial score (nSPS) is 11.5. The van der Waals surface area contributed by atoms with Crippen LogP contribution in [0.15, 0.2) is 11.6 Å². The summed E-state index contributed by atoms with van der Waals surface area (Å²) in [6, 6.07) is 0. The van der Waals surface area contributed by atoms with Crippen LogP contribution in [0.1, 0.15) is 33.1 Å². The predicted molar refractivity (Wildman–Crippen MR) is 62.6 cm³/mol. The minimum absolute atomic E-state index is 0.191. The average molecular weight is 216 g/mol. The van der Waals surface area contributed by atoms with Crippen LogP contribution in [0, 0.1) is 0 Å². The number of carbonyl (C=O) groups is 1. The highest BCUT2D eigenvalue weighted by molar-refractivity contribution is 7.99. The van der Waals surface area contributed by atoms with Gasteiger partial charge in [0.2, 0.25) is 0 Å². The molecule has 14 heavy (non-hydrogen) atoms. The zero-order valence-corrected chi connectivity index (χ0v) is 10.2. The van der Waals surface area contributed by atoms with Crippen molar-refractivity contribution < 1.29 is 9.53 Å². The molecule has 0 spiro atoms. The van der Waals surface area contributed by atoms with E-state index in [2.05, 4.69) is 11.7 Å². The van der Waals surface area contributed by atoms with Gasteiger partial charge in [-0.15, -0.1) is 0 Å². The molecule has 0 aromatic carbocycles. The molecule has 0 unspecified atom stereocenters. The molecule has 0 aromatic heterocycles. The van der Waals surface area contributed by atoms with Crippen molar-refractivity contribution in [1.82, 2.24) is 0 Å². The van der Waals surface area contributed by atoms with Crippen molar-refractivity contribution in [1.29, 1.82) is 0 Å². The third-order valence-electron chi connectivity index (χ3n) is 1.92. The molecule has 0 aliphatic carbocycles. The van der Waals surface area contributed by atoms with Crippen molar-refractivity contribution in [2.45, 2.75) is 33.1 Å². The molecule has 0 aliphatic heterocycles. The van der Waals surface area contributed by atoms with Crippen LogP contribution in [0.2, 0.25) is 0 Å². The van der Waals surface area contributed by atoms with E-state index in [-0.39, 0.29) is 5.97 Å². The highest BCUT2D eigenvalue weighted by Gasteiger charge is 2.05. The van der Waals surface area contributed by atoms with Gasteiger partial charge in [0.15, 0.2) is 0 Å². The minimum Gasteiger partial charge on any atom is -0.466 e. The molecule has 3 heteroatoms. The van der Waals surface area contributed by atoms with E-state index in [1.807, 2.05) is 24.8 Å². The zero-order chi connectivity index (χ0) is 10.8. The van der Waals surface area contributed by atoms with Crippen LogP contribution in [-0.4, -0.2) is 24.6 Å². The van der Waals surface area contributed by atoms with Gasteiger partial charge in [0, 0.05) is 11.3 Å². The maximum atomic E-state index is 11.2. The number of esters is 1. The molecule has 0 amide bonds. The van der Waals surface area contributed by atoms with Crippen LogP contribution in [0.4, 0.5) is 0 Å². The fraction of sp³-hybridized carbons (Fsp3) is 0.727. The third-order valence-corrected chi connectivity index (χ3v) is 2.90. The lowest BCUT2D eigenvalue weighted by molar-refractivity contribution is -0.136. The SMILES string of the molecule is CCCCSCC=C(CC)C(=O)OC. The fourth-order valence-corrected chi connectivity index (χ4v) is 1.97. The van der Waals surface area contributed by atoms with Gasteiger partial charge in [0.25, 0.3) is 0 Å². The van der Waals surface area contributed by atoms with Crippen LogP contribution in [0.3, 0.4) is 0 Å². The predicted octanol–water partition coefficient (Wildman–Crippen LogP) is 3.03. The smallest absolute Gasteiger partial charge is 0.333 e. The van der Waals surface area contributed by atoms with Gasteiger partial charge < -0.3 is 4.74 Å². The summed E-state index contributed by atoms with van der Waals surface area (Å²) in [4.78, 5) is 11.2. The Bertz CT molecular complexity index is 188. The maximum Gasteiger partial charge on any atom is 0.333 e. The molecular formula is C11H20O2S. The van der Waals surface area contributed by atoms with Crippen molar-refractivity contribution in [3.8, 4) is 0 Å². The Labute approximate surface area is 91.1 Å². The van der Waals surface area contributed by atoms with E-state index in [4.69, 9.17) is 0 Å². The molecule has 0 atom stereocenters. The molecule has 0 fully saturated rings. The van der Waals surface area contributed by atoms with Crippen LogP contribution < -0.4 is 0 Å². The highest BCUT2D eigenvalue weighted by Crippen LogP contribution is 2.09. The van der Waals surface area contributed by atoms with E-state index < -0.39 is 0 Å². The van der Waals surface area contributed by atoms with Crippen molar-refractivity contribution in [2.75, 3.05) is 18.6 Å². The summed E-state index contributed by atoms with van der Waals surface area (Å²) >= 11 is 1.87. The van der Waals surface area contributed by atoms with Gasteiger partial charge in [-0.3, -0.25) is 0 Å². The molecule has 0 heterocycles. The minimum atomic E-state index is -0.191. The number of ether oxygens (including phenoxy) is 1. The number of carbonyl (C=O) groups excluding carboxylic acids is 1. The van der Waals surface area contributed by atoms with Crippen LogP contribution in [0.25, 0.3) is 0 Å². The molecule has 0 saturated heterocycles. The Hall–Kier alpha value is -0.440. The molecule has 0 aliphatic rings. The Kier molecular flexibility index (Phi) is 8.84. The highest BCUT2D eigenvalue weighted by atomic mass is 32.2. The third kappa shape index (κ3) is 6.08. The Morgan fingerprint density at radius 3 is 2.64 bits per heavy atom.